The van der Waals surface area contributed by atoms with Crippen LogP contribution in [0.3, 0.4) is 0 Å². The lowest BCUT2D eigenvalue weighted by Crippen LogP contribution is -2.14. The van der Waals surface area contributed by atoms with Crippen LogP contribution in [0.1, 0.15) is 23.2 Å². The zero-order valence-electron chi connectivity index (χ0n) is 11.1. The van der Waals surface area contributed by atoms with Crippen LogP contribution in [0, 0.1) is 11.2 Å². The first-order valence-electron chi connectivity index (χ1n) is 6.54. The predicted molar refractivity (Wildman–Crippen MR) is 81.5 cm³/mol. The smallest absolute Gasteiger partial charge is 0.230 e. The zero-order valence-corrected chi connectivity index (χ0v) is 12.7. The fourth-order valence-corrected chi connectivity index (χ4v) is 2.72. The van der Waals surface area contributed by atoms with Crippen molar-refractivity contribution < 1.29 is 9.13 Å². The molecule has 3 rings (SSSR count). The molecule has 0 unspecified atom stereocenters. The molecule has 1 heterocycles. The maximum atomic E-state index is 13.8. The number of pyridine rings is 1. The summed E-state index contributed by atoms with van der Waals surface area (Å²) >= 11 is 3.27. The van der Waals surface area contributed by atoms with E-state index >= 15 is 0 Å². The van der Waals surface area contributed by atoms with Gasteiger partial charge in [-0.3, -0.25) is 5.41 Å². The van der Waals surface area contributed by atoms with Gasteiger partial charge in [-0.2, -0.15) is 0 Å². The highest BCUT2D eigenvalue weighted by atomic mass is 79.9. The first-order chi connectivity index (χ1) is 10.0. The second kappa shape index (κ2) is 5.44. The van der Waals surface area contributed by atoms with Gasteiger partial charge in [0, 0.05) is 10.2 Å². The van der Waals surface area contributed by atoms with Crippen LogP contribution in [0.15, 0.2) is 28.7 Å². The normalized spacial score (nSPS) is 13.0. The number of benzene rings is 1. The van der Waals surface area contributed by atoms with Gasteiger partial charge in [-0.25, -0.2) is 9.37 Å². The van der Waals surface area contributed by atoms with E-state index in [1.807, 2.05) is 6.07 Å². The van der Waals surface area contributed by atoms with Crippen LogP contribution < -0.4 is 10.5 Å². The number of nitrogen functional groups attached to an aromatic ring is 1. The number of nitrogens with zero attached hydrogens (tertiary/aromatic N) is 1. The van der Waals surface area contributed by atoms with Gasteiger partial charge < -0.3 is 10.5 Å². The van der Waals surface area contributed by atoms with Crippen LogP contribution in [0.4, 0.5) is 4.39 Å². The number of aromatic nitrogens is 1. The van der Waals surface area contributed by atoms with Crippen LogP contribution >= 0.6 is 15.9 Å². The van der Waals surface area contributed by atoms with E-state index in [1.165, 1.54) is 12.1 Å². The summed E-state index contributed by atoms with van der Waals surface area (Å²) in [4.78, 5) is 4.42. The monoisotopic (exact) mass is 349 g/mol. The molecule has 0 saturated heterocycles. The van der Waals surface area contributed by atoms with Crippen LogP contribution in [-0.2, 0) is 12.8 Å². The number of amidine groups is 1. The van der Waals surface area contributed by atoms with Crippen molar-refractivity contribution in [2.75, 3.05) is 0 Å². The van der Waals surface area contributed by atoms with Gasteiger partial charge in [-0.1, -0.05) is 15.9 Å². The number of aryl methyl sites for hydroxylation is 2. The number of hydrogen-bond acceptors (Lipinski definition) is 3. The Bertz CT molecular complexity index is 733. The third kappa shape index (κ3) is 2.76. The number of nitrogens with one attached hydrogen (secondary N) is 1. The van der Waals surface area contributed by atoms with E-state index in [0.29, 0.717) is 10.0 Å². The van der Waals surface area contributed by atoms with Crippen molar-refractivity contribution in [1.82, 2.24) is 4.98 Å². The number of rotatable bonds is 3. The van der Waals surface area contributed by atoms with Gasteiger partial charge >= 0.3 is 0 Å². The maximum Gasteiger partial charge on any atom is 0.230 e. The van der Waals surface area contributed by atoms with Crippen molar-refractivity contribution in [1.29, 1.82) is 5.41 Å². The molecule has 0 amide bonds. The molecule has 0 atom stereocenters. The molecule has 0 aliphatic heterocycles. The fraction of sp³-hybridized carbons (Fsp3) is 0.200. The van der Waals surface area contributed by atoms with Crippen molar-refractivity contribution in [3.8, 4) is 11.6 Å². The minimum atomic E-state index is -0.491. The predicted octanol–water partition coefficient (Wildman–Crippen LogP) is 3.55. The Morgan fingerprint density at radius 1 is 1.33 bits per heavy atom. The molecule has 3 N–H and O–H groups in total. The van der Waals surface area contributed by atoms with Crippen LogP contribution in [-0.4, -0.2) is 10.8 Å². The summed E-state index contributed by atoms with van der Waals surface area (Å²) in [5.41, 5.74) is 8.01. The van der Waals surface area contributed by atoms with E-state index in [-0.39, 0.29) is 17.5 Å². The lowest BCUT2D eigenvalue weighted by molar-refractivity contribution is 0.425. The molecule has 4 nitrogen and oxygen atoms in total. The lowest BCUT2D eigenvalue weighted by atomic mass is 10.1. The van der Waals surface area contributed by atoms with E-state index < -0.39 is 5.82 Å². The fourth-order valence-electron chi connectivity index (χ4n) is 2.38. The summed E-state index contributed by atoms with van der Waals surface area (Å²) in [6.45, 7) is 0. The Hall–Kier alpha value is -1.95. The largest absolute Gasteiger partial charge is 0.435 e. The van der Waals surface area contributed by atoms with Gasteiger partial charge in [-0.05, 0) is 49.1 Å². The summed E-state index contributed by atoms with van der Waals surface area (Å²) in [7, 11) is 0. The first kappa shape index (κ1) is 14.0. The average molecular weight is 350 g/mol. The molecule has 21 heavy (non-hydrogen) atoms. The molecule has 0 fully saturated rings. The Morgan fingerprint density at radius 2 is 2.14 bits per heavy atom. The summed E-state index contributed by atoms with van der Waals surface area (Å²) in [5.74, 6) is -0.393. The van der Waals surface area contributed by atoms with Gasteiger partial charge in [-0.15, -0.1) is 0 Å². The van der Waals surface area contributed by atoms with Crippen LogP contribution in [0.5, 0.6) is 11.6 Å². The van der Waals surface area contributed by atoms with Crippen molar-refractivity contribution in [2.24, 2.45) is 5.73 Å². The second-order valence-corrected chi connectivity index (χ2v) is 5.81. The molecule has 0 spiro atoms. The molecule has 0 saturated carbocycles. The summed E-state index contributed by atoms with van der Waals surface area (Å²) in [6, 6.07) is 6.24. The van der Waals surface area contributed by atoms with Crippen molar-refractivity contribution >= 4 is 21.8 Å². The summed E-state index contributed by atoms with van der Waals surface area (Å²) in [5, 5.41) is 7.66. The minimum absolute atomic E-state index is 0.0531. The van der Waals surface area contributed by atoms with Gasteiger partial charge in [0.15, 0.2) is 11.6 Å². The van der Waals surface area contributed by atoms with E-state index in [1.54, 1.807) is 6.07 Å². The van der Waals surface area contributed by atoms with Gasteiger partial charge in [0.2, 0.25) is 5.88 Å². The minimum Gasteiger partial charge on any atom is -0.435 e. The Morgan fingerprint density at radius 3 is 2.90 bits per heavy atom. The van der Waals surface area contributed by atoms with Gasteiger partial charge in [0.05, 0.1) is 5.56 Å². The van der Waals surface area contributed by atoms with E-state index in [4.69, 9.17) is 15.9 Å². The number of ether oxygens (including phenoxy) is 1. The average Bonchev–Trinajstić information content (AvgIpc) is 2.89. The molecule has 0 radical (unpaired) electrons. The third-order valence-corrected chi connectivity index (χ3v) is 3.90. The van der Waals surface area contributed by atoms with Crippen molar-refractivity contribution in [2.45, 2.75) is 19.3 Å². The number of fused-ring (bicyclic) bond motifs is 1. The molecular weight excluding hydrogens is 337 g/mol. The summed E-state index contributed by atoms with van der Waals surface area (Å²) in [6.07, 6.45) is 2.81. The number of hydrogen-bond donors (Lipinski definition) is 2. The Labute approximate surface area is 129 Å². The second-order valence-electron chi connectivity index (χ2n) is 4.89. The molecule has 1 aromatic heterocycles. The van der Waals surface area contributed by atoms with Crippen LogP contribution in [0.2, 0.25) is 0 Å². The quantitative estimate of drug-likeness (QED) is 0.657. The van der Waals surface area contributed by atoms with Crippen molar-refractivity contribution in [3.05, 3.63) is 51.4 Å². The standard InChI is InChI=1S/C15H13BrFN3O/c16-9-4-5-11(17)13(7-9)21-15-10(14(18)19)6-8-2-1-3-12(8)20-15/h4-7H,1-3H2,(H3,18,19). The topological polar surface area (TPSA) is 72.0 Å². The number of halogens is 2. The van der Waals surface area contributed by atoms with Crippen LogP contribution in [0.25, 0.3) is 0 Å². The first-order valence-corrected chi connectivity index (χ1v) is 7.34. The highest BCUT2D eigenvalue weighted by Crippen LogP contribution is 2.31. The molecule has 108 valence electrons. The maximum absolute atomic E-state index is 13.8. The lowest BCUT2D eigenvalue weighted by Gasteiger charge is -2.12. The molecular formula is C15H13BrFN3O. The molecule has 1 aromatic carbocycles. The van der Waals surface area contributed by atoms with Gasteiger partial charge in [0.1, 0.15) is 5.84 Å². The zero-order chi connectivity index (χ0) is 15.0. The molecule has 1 aliphatic rings. The SMILES string of the molecule is N=C(N)c1cc2c(nc1Oc1cc(Br)ccc1F)CCC2. The highest BCUT2D eigenvalue weighted by Gasteiger charge is 2.20. The van der Waals surface area contributed by atoms with Crippen molar-refractivity contribution in [3.63, 3.8) is 0 Å². The Balaban J connectivity index is 2.05. The highest BCUT2D eigenvalue weighted by molar-refractivity contribution is 9.10. The van der Waals surface area contributed by atoms with E-state index in [0.717, 1.165) is 30.5 Å². The van der Waals surface area contributed by atoms with E-state index in [2.05, 4.69) is 20.9 Å². The molecule has 2 aromatic rings. The van der Waals surface area contributed by atoms with Gasteiger partial charge in [0.25, 0.3) is 0 Å². The van der Waals surface area contributed by atoms with E-state index in [9.17, 15) is 4.39 Å². The molecule has 6 heteroatoms. The molecule has 0 bridgehead atoms. The molecule has 1 aliphatic carbocycles. The Kier molecular flexibility index (Phi) is 3.63. The number of nitrogens with two attached hydrogens (primary N) is 1. The summed E-state index contributed by atoms with van der Waals surface area (Å²) < 4.78 is 20.1. The third-order valence-electron chi connectivity index (χ3n) is 3.41.